The Kier molecular flexibility index (Phi) is 5.79. The maximum absolute atomic E-state index is 12.2. The van der Waals surface area contributed by atoms with Gasteiger partial charge in [-0.15, -0.1) is 5.10 Å². The lowest BCUT2D eigenvalue weighted by Gasteiger charge is -2.07. The summed E-state index contributed by atoms with van der Waals surface area (Å²) in [5, 5.41) is 10.9. The number of amides is 2. The number of aromatic nitrogens is 5. The van der Waals surface area contributed by atoms with Crippen molar-refractivity contribution in [3.8, 4) is 17.0 Å². The summed E-state index contributed by atoms with van der Waals surface area (Å²) in [6.07, 6.45) is 3.52. The molecule has 0 saturated heterocycles. The fourth-order valence-corrected chi connectivity index (χ4v) is 2.80. The lowest BCUT2D eigenvalue weighted by atomic mass is 10.1. The summed E-state index contributed by atoms with van der Waals surface area (Å²) < 4.78 is 7.17. The first-order valence-electron chi connectivity index (χ1n) is 9.53. The Labute approximate surface area is 177 Å². The molecule has 2 aromatic carbocycles. The number of oxazole rings is 1. The quantitative estimate of drug-likeness (QED) is 0.459. The summed E-state index contributed by atoms with van der Waals surface area (Å²) in [5.74, 6) is 0.312. The number of carbonyl (C=O) groups excluding carboxylic acids is 2. The van der Waals surface area contributed by atoms with E-state index in [-0.39, 0.29) is 12.3 Å². The number of nitrogens with zero attached hydrogens (tertiary/aromatic N) is 5. The molecular formula is C21H19N7O3. The molecule has 0 aliphatic rings. The largest absolute Gasteiger partial charge is 0.441 e. The molecule has 4 aromatic rings. The molecule has 2 heterocycles. The second-order valence-corrected chi connectivity index (χ2v) is 6.79. The molecule has 10 heteroatoms. The summed E-state index contributed by atoms with van der Waals surface area (Å²) in [6.45, 7) is 2.01. The van der Waals surface area contributed by atoms with E-state index in [1.807, 2.05) is 31.2 Å². The second-order valence-electron chi connectivity index (χ2n) is 6.79. The van der Waals surface area contributed by atoms with Gasteiger partial charge in [0, 0.05) is 24.0 Å². The van der Waals surface area contributed by atoms with Crippen molar-refractivity contribution in [2.24, 2.45) is 0 Å². The summed E-state index contributed by atoms with van der Waals surface area (Å²) in [7, 11) is 0. The number of hydrogen-bond acceptors (Lipinski definition) is 7. The summed E-state index contributed by atoms with van der Waals surface area (Å²) >= 11 is 0. The number of aryl methyl sites for hydroxylation is 2. The van der Waals surface area contributed by atoms with Crippen LogP contribution in [0, 0.1) is 6.92 Å². The van der Waals surface area contributed by atoms with Crippen LogP contribution in [0.5, 0.6) is 0 Å². The highest BCUT2D eigenvalue weighted by Crippen LogP contribution is 2.21. The van der Waals surface area contributed by atoms with Gasteiger partial charge in [-0.1, -0.05) is 29.8 Å². The summed E-state index contributed by atoms with van der Waals surface area (Å²) in [4.78, 5) is 28.5. The average Bonchev–Trinajstić information content (AvgIpc) is 3.49. The van der Waals surface area contributed by atoms with E-state index in [1.165, 1.54) is 11.0 Å². The van der Waals surface area contributed by atoms with Crippen LogP contribution in [0.2, 0.25) is 0 Å². The molecule has 0 saturated carbocycles. The Balaban J connectivity index is 1.25. The fraction of sp³-hybridized carbons (Fsp3) is 0.143. The zero-order valence-corrected chi connectivity index (χ0v) is 16.6. The first-order valence-corrected chi connectivity index (χ1v) is 9.53. The number of benzene rings is 2. The van der Waals surface area contributed by atoms with E-state index < -0.39 is 5.91 Å². The van der Waals surface area contributed by atoms with Gasteiger partial charge in [0.1, 0.15) is 6.33 Å². The summed E-state index contributed by atoms with van der Waals surface area (Å²) in [5.41, 5.74) is 7.95. The van der Waals surface area contributed by atoms with Gasteiger partial charge < -0.3 is 4.42 Å². The molecule has 0 radical (unpaired) electrons. The molecule has 156 valence electrons. The van der Waals surface area contributed by atoms with Gasteiger partial charge in [-0.05, 0) is 41.6 Å². The third-order valence-electron chi connectivity index (χ3n) is 4.51. The van der Waals surface area contributed by atoms with Gasteiger partial charge in [-0.2, -0.15) is 0 Å². The van der Waals surface area contributed by atoms with Crippen molar-refractivity contribution < 1.29 is 14.0 Å². The third-order valence-corrected chi connectivity index (χ3v) is 4.51. The lowest BCUT2D eigenvalue weighted by molar-refractivity contribution is -0.121. The van der Waals surface area contributed by atoms with Crippen molar-refractivity contribution >= 4 is 11.8 Å². The number of carbonyl (C=O) groups is 2. The standard InChI is InChI=1S/C21H19N7O3/c1-14-2-4-15(5-3-14)18-12-22-20(31-18)11-10-19(29)24-25-21(30)16-6-8-17(9-7-16)28-13-23-26-27-28/h2-9,12-13H,10-11H2,1H3,(H,24,29)(H,25,30). The number of tetrazole rings is 1. The Morgan fingerprint density at radius 1 is 1.03 bits per heavy atom. The van der Waals surface area contributed by atoms with Gasteiger partial charge in [0.05, 0.1) is 11.9 Å². The molecule has 0 unspecified atom stereocenters. The summed E-state index contributed by atoms with van der Waals surface area (Å²) in [6, 6.07) is 14.5. The van der Waals surface area contributed by atoms with Crippen molar-refractivity contribution in [1.82, 2.24) is 36.0 Å². The molecule has 0 aliphatic heterocycles. The molecule has 31 heavy (non-hydrogen) atoms. The minimum absolute atomic E-state index is 0.117. The van der Waals surface area contributed by atoms with Crippen molar-refractivity contribution in [3.05, 3.63) is 78.1 Å². The number of rotatable bonds is 6. The van der Waals surface area contributed by atoms with Gasteiger partial charge in [0.25, 0.3) is 5.91 Å². The van der Waals surface area contributed by atoms with Crippen LogP contribution in [0.15, 0.2) is 65.5 Å². The maximum atomic E-state index is 12.2. The normalized spacial score (nSPS) is 10.6. The van der Waals surface area contributed by atoms with Gasteiger partial charge in [-0.25, -0.2) is 9.67 Å². The first kappa shape index (κ1) is 20.0. The second kappa shape index (κ2) is 8.99. The highest BCUT2D eigenvalue weighted by atomic mass is 16.4. The topological polar surface area (TPSA) is 128 Å². The Hall–Kier alpha value is -4.34. The van der Waals surface area contributed by atoms with E-state index in [1.54, 1.807) is 30.5 Å². The molecule has 2 aromatic heterocycles. The van der Waals surface area contributed by atoms with Crippen molar-refractivity contribution in [2.75, 3.05) is 0 Å². The number of nitrogens with one attached hydrogen (secondary N) is 2. The fourth-order valence-electron chi connectivity index (χ4n) is 2.80. The zero-order chi connectivity index (χ0) is 21.6. The van der Waals surface area contributed by atoms with Gasteiger partial charge in [0.15, 0.2) is 11.7 Å². The molecular weight excluding hydrogens is 398 g/mol. The molecule has 2 amide bonds. The van der Waals surface area contributed by atoms with E-state index in [0.717, 1.165) is 11.1 Å². The first-order chi connectivity index (χ1) is 15.1. The van der Waals surface area contributed by atoms with Crippen LogP contribution in [-0.2, 0) is 11.2 Å². The van der Waals surface area contributed by atoms with Crippen LogP contribution >= 0.6 is 0 Å². The van der Waals surface area contributed by atoms with E-state index in [4.69, 9.17) is 4.42 Å². The van der Waals surface area contributed by atoms with Crippen molar-refractivity contribution in [2.45, 2.75) is 19.8 Å². The lowest BCUT2D eigenvalue weighted by Crippen LogP contribution is -2.41. The van der Waals surface area contributed by atoms with Gasteiger partial charge in [-0.3, -0.25) is 20.4 Å². The third kappa shape index (κ3) is 4.99. The number of hydrogen-bond donors (Lipinski definition) is 2. The minimum Gasteiger partial charge on any atom is -0.441 e. The van der Waals surface area contributed by atoms with E-state index in [2.05, 4.69) is 31.4 Å². The highest BCUT2D eigenvalue weighted by Gasteiger charge is 2.11. The SMILES string of the molecule is Cc1ccc(-c2cnc(CCC(=O)NNC(=O)c3ccc(-n4cnnn4)cc3)o2)cc1. The predicted molar refractivity (Wildman–Crippen MR) is 110 cm³/mol. The molecule has 0 atom stereocenters. The Morgan fingerprint density at radius 2 is 1.81 bits per heavy atom. The van der Waals surface area contributed by atoms with Crippen molar-refractivity contribution in [1.29, 1.82) is 0 Å². The number of hydrazine groups is 1. The van der Waals surface area contributed by atoms with Crippen LogP contribution < -0.4 is 10.9 Å². The van der Waals surface area contributed by atoms with Crippen LogP contribution in [0.4, 0.5) is 0 Å². The van der Waals surface area contributed by atoms with Crippen LogP contribution in [0.3, 0.4) is 0 Å². The van der Waals surface area contributed by atoms with Gasteiger partial charge >= 0.3 is 0 Å². The molecule has 0 aliphatic carbocycles. The predicted octanol–water partition coefficient (Wildman–Crippen LogP) is 2.02. The van der Waals surface area contributed by atoms with Crippen LogP contribution in [0.1, 0.15) is 28.2 Å². The Bertz CT molecular complexity index is 1170. The van der Waals surface area contributed by atoms with Crippen molar-refractivity contribution in [3.63, 3.8) is 0 Å². The highest BCUT2D eigenvalue weighted by molar-refractivity contribution is 5.95. The Morgan fingerprint density at radius 3 is 2.52 bits per heavy atom. The molecule has 4 rings (SSSR count). The zero-order valence-electron chi connectivity index (χ0n) is 16.6. The molecule has 2 N–H and O–H groups in total. The molecule has 0 fully saturated rings. The van der Waals surface area contributed by atoms with Crippen LogP contribution in [0.25, 0.3) is 17.0 Å². The van der Waals surface area contributed by atoms with Gasteiger partial charge in [0.2, 0.25) is 5.91 Å². The molecule has 0 spiro atoms. The average molecular weight is 417 g/mol. The van der Waals surface area contributed by atoms with E-state index in [0.29, 0.717) is 29.3 Å². The monoisotopic (exact) mass is 417 g/mol. The minimum atomic E-state index is -0.436. The smallest absolute Gasteiger partial charge is 0.269 e. The van der Waals surface area contributed by atoms with E-state index >= 15 is 0 Å². The maximum Gasteiger partial charge on any atom is 0.269 e. The molecule has 0 bridgehead atoms. The molecule has 10 nitrogen and oxygen atoms in total. The van der Waals surface area contributed by atoms with Crippen LogP contribution in [-0.4, -0.2) is 37.0 Å². The van der Waals surface area contributed by atoms with E-state index in [9.17, 15) is 9.59 Å².